The van der Waals surface area contributed by atoms with Crippen LogP contribution in [0.3, 0.4) is 0 Å². The average Bonchev–Trinajstić information content (AvgIpc) is 3.59. The third kappa shape index (κ3) is 22.7. The predicted octanol–water partition coefficient (Wildman–Crippen LogP) is 1.10. The van der Waals surface area contributed by atoms with Crippen LogP contribution in [0.4, 0.5) is 4.39 Å². The molecule has 0 aliphatic rings. The molecule has 0 unspecified atom stereocenters. The van der Waals surface area contributed by atoms with Gasteiger partial charge in [0.05, 0.1) is 18.4 Å². The van der Waals surface area contributed by atoms with Crippen molar-refractivity contribution in [2.75, 3.05) is 13.1 Å². The summed E-state index contributed by atoms with van der Waals surface area (Å²) >= 11 is 0. The number of para-hydroxylation sites is 1. The molecule has 15 N–H and O–H groups in total. The molecule has 0 aliphatic carbocycles. The quantitative estimate of drug-likeness (QED) is 0.0284. The van der Waals surface area contributed by atoms with Crippen LogP contribution in [0.15, 0.2) is 61.2 Å². The molecule has 2 heterocycles. The van der Waals surface area contributed by atoms with Crippen LogP contribution in [0.25, 0.3) is 10.9 Å². The van der Waals surface area contributed by atoms with Crippen molar-refractivity contribution in [1.29, 1.82) is 5.26 Å². The Kier molecular flexibility index (Phi) is 27.8. The van der Waals surface area contributed by atoms with Crippen LogP contribution < -0.4 is 59.3 Å². The fourth-order valence-corrected chi connectivity index (χ4v) is 9.17. The number of rotatable bonds is 36. The van der Waals surface area contributed by atoms with Crippen LogP contribution in [-0.2, 0) is 60.8 Å². The minimum absolute atomic E-state index is 0.0245. The van der Waals surface area contributed by atoms with Crippen LogP contribution in [0.1, 0.15) is 133 Å². The monoisotopic (exact) mass is 1190 g/mol. The van der Waals surface area contributed by atoms with E-state index in [2.05, 4.69) is 62.8 Å². The van der Waals surface area contributed by atoms with Gasteiger partial charge in [0.2, 0.25) is 59.1 Å². The molecule has 8 atom stereocenters. The van der Waals surface area contributed by atoms with Gasteiger partial charge in [-0.1, -0.05) is 66.2 Å². The first-order valence-corrected chi connectivity index (χ1v) is 28.7. The molecule has 0 saturated carbocycles. The van der Waals surface area contributed by atoms with Gasteiger partial charge < -0.3 is 69.3 Å². The lowest BCUT2D eigenvalue weighted by Crippen LogP contribution is -2.59. The minimum atomic E-state index is -1.38. The minimum Gasteiger partial charge on any atom is -0.370 e. The molecule has 466 valence electrons. The van der Waals surface area contributed by atoms with Crippen LogP contribution in [0.5, 0.6) is 0 Å². The predicted molar refractivity (Wildman–Crippen MR) is 314 cm³/mol. The van der Waals surface area contributed by atoms with Gasteiger partial charge in [0.25, 0.3) is 5.91 Å². The topological polar surface area (TPSA) is 416 Å². The second kappa shape index (κ2) is 34.5. The fourth-order valence-electron chi connectivity index (χ4n) is 9.17. The van der Waals surface area contributed by atoms with E-state index >= 15 is 0 Å². The van der Waals surface area contributed by atoms with Crippen molar-refractivity contribution in [1.82, 2.24) is 62.8 Å². The molecule has 86 heavy (non-hydrogen) atoms. The highest BCUT2D eigenvalue weighted by Gasteiger charge is 2.33. The Morgan fingerprint density at radius 2 is 1.34 bits per heavy atom. The Morgan fingerprint density at radius 3 is 1.99 bits per heavy atom. The van der Waals surface area contributed by atoms with Crippen molar-refractivity contribution in [2.45, 2.75) is 161 Å². The number of H-pyrrole nitrogens is 2. The van der Waals surface area contributed by atoms with E-state index in [0.29, 0.717) is 30.5 Å². The molecule has 0 saturated heterocycles. The zero-order valence-electron chi connectivity index (χ0n) is 49.7. The number of nitrogens with one attached hydrogen (secondary N) is 11. The largest absolute Gasteiger partial charge is 0.370 e. The second-order valence-electron chi connectivity index (χ2n) is 22.0. The molecule has 0 bridgehead atoms. The van der Waals surface area contributed by atoms with E-state index in [-0.39, 0.29) is 80.9 Å². The van der Waals surface area contributed by atoms with Gasteiger partial charge in [-0.05, 0) is 86.6 Å². The van der Waals surface area contributed by atoms with Crippen LogP contribution >= 0.6 is 0 Å². The lowest BCUT2D eigenvalue weighted by atomic mass is 9.94. The summed E-state index contributed by atoms with van der Waals surface area (Å²) in [6.45, 7) is 11.8. The van der Waals surface area contributed by atoms with E-state index in [1.165, 1.54) is 25.5 Å². The summed E-state index contributed by atoms with van der Waals surface area (Å²) in [4.78, 5) is 156. The van der Waals surface area contributed by atoms with Gasteiger partial charge in [-0.3, -0.25) is 52.7 Å². The van der Waals surface area contributed by atoms with Gasteiger partial charge in [-0.2, -0.15) is 5.26 Å². The van der Waals surface area contributed by atoms with Crippen molar-refractivity contribution in [3.05, 3.63) is 89.4 Å². The highest BCUT2D eigenvalue weighted by atomic mass is 18.2. The second-order valence-corrected chi connectivity index (χ2v) is 22.0. The highest BCUT2D eigenvalue weighted by Crippen LogP contribution is 2.20. The van der Waals surface area contributed by atoms with Crippen LogP contribution in [0.2, 0.25) is 0 Å². The number of aromatic amines is 2. The lowest BCUT2D eigenvalue weighted by molar-refractivity contribution is -0.135. The summed E-state index contributed by atoms with van der Waals surface area (Å²) in [5, 5.41) is 33.8. The number of imidazole rings is 1. The van der Waals surface area contributed by atoms with E-state index in [9.17, 15) is 57.1 Å². The number of hydrogen-bond acceptors (Lipinski definition) is 13. The van der Waals surface area contributed by atoms with Gasteiger partial charge in [0, 0.05) is 79.2 Å². The Labute approximate surface area is 498 Å². The van der Waals surface area contributed by atoms with Crippen molar-refractivity contribution in [3.63, 3.8) is 0 Å². The molecular weight excluding hydrogens is 1110 g/mol. The number of hydrogen-bond donors (Lipinski definition) is 13. The molecule has 4 aromatic rings. The summed E-state index contributed by atoms with van der Waals surface area (Å²) < 4.78 is 13.7. The zero-order chi connectivity index (χ0) is 63.6. The smallest absolute Gasteiger partial charge is 0.251 e. The number of carbonyl (C=O) groups is 11. The SMILES string of the molecule is CC[C@H](C)[C@@H](CCC(=O)N[C@@H](CC(C)C)C(N)=O)NC(=O)[C@H](Cc1cnc[nH]1)NC(=O)CNC(=O)[C@@H](NC(=O)[C@H](C)NC(=O)[C@H](Cc1c[nH]c2ccccc12)NC(=O)[C@H](CCC(N)=O)NC(=O)CCCCNC(=O)c1ccc([18F])c(C#N)c1)C(C)C. The molecule has 26 nitrogen and oxygen atoms in total. The number of benzene rings is 2. The van der Waals surface area contributed by atoms with E-state index in [1.807, 2.05) is 33.8 Å². The molecule has 0 spiro atoms. The lowest BCUT2D eigenvalue weighted by Gasteiger charge is -2.28. The zero-order valence-corrected chi connectivity index (χ0v) is 49.7. The number of aromatic nitrogens is 3. The Bertz CT molecular complexity index is 3050. The molecular formula is C59H82FN15O11. The first-order chi connectivity index (χ1) is 40.8. The van der Waals surface area contributed by atoms with Crippen molar-refractivity contribution in [2.24, 2.45) is 29.2 Å². The average molecular weight is 1200 g/mol. The number of amides is 11. The molecule has 0 fully saturated rings. The molecule has 0 radical (unpaired) electrons. The number of fused-ring (bicyclic) bond motifs is 1. The molecule has 4 rings (SSSR count). The standard InChI is InChI=1S/C59H82FN15O11/c1-8-34(6)42(19-21-50(78)71-45(53(63)80)23-32(2)3)73-58(85)47(26-39-29-64-31-68-39)72-51(79)30-67-59(86)52(33(4)5)75-54(81)35(7)69-57(84)46(25-38-28-66-43-14-10-9-13-40(38)43)74-56(83)44(18-20-48(62)76)70-49(77)15-11-12-22-65-55(82)36-16-17-41(60)37(24-36)27-61/h9-10,13-14,16-17,24,28-29,31-35,42,44-47,52,66H,8,11-12,15,18-23,25-26,30H2,1-7H3,(H2,62,76)(H2,63,80)(H,64,68)(H,65,82)(H,67,86)(H,69,84)(H,70,77)(H,71,78)(H,72,79)(H,73,85)(H,74,83)(H,75,81)/t34-,35-,42+,44-,45-,46-,47-,52-/m0/s1/i60-1. The highest BCUT2D eigenvalue weighted by molar-refractivity contribution is 5.98. The number of nitrogens with zero attached hydrogens (tertiary/aromatic N) is 2. The number of carbonyl (C=O) groups excluding carboxylic acids is 11. The maximum absolute atomic E-state index is 14.2. The van der Waals surface area contributed by atoms with E-state index in [0.717, 1.165) is 23.0 Å². The normalized spacial score (nSPS) is 13.9. The molecule has 27 heteroatoms. The summed E-state index contributed by atoms with van der Waals surface area (Å²) in [6, 6.07) is 4.37. The van der Waals surface area contributed by atoms with Gasteiger partial charge in [-0.25, -0.2) is 9.37 Å². The Hall–Kier alpha value is -9.22. The van der Waals surface area contributed by atoms with Crippen LogP contribution in [0, 0.1) is 34.9 Å². The number of nitriles is 1. The maximum atomic E-state index is 14.2. The van der Waals surface area contributed by atoms with E-state index < -0.39 is 126 Å². The number of primary amides is 2. The van der Waals surface area contributed by atoms with Gasteiger partial charge in [0.1, 0.15) is 48.1 Å². The van der Waals surface area contributed by atoms with Gasteiger partial charge >= 0.3 is 0 Å². The number of unbranched alkanes of at least 4 members (excludes halogenated alkanes) is 1. The first-order valence-electron chi connectivity index (χ1n) is 28.7. The Morgan fingerprint density at radius 1 is 0.674 bits per heavy atom. The van der Waals surface area contributed by atoms with Crippen LogP contribution in [-0.4, -0.2) is 135 Å². The number of halogens is 1. The fraction of sp³-hybridized carbons (Fsp3) is 0.508. The third-order valence-corrected chi connectivity index (χ3v) is 14.3. The number of nitrogens with two attached hydrogens (primary N) is 2. The molecule has 2 aromatic carbocycles. The Balaban J connectivity index is 1.40. The first kappa shape index (κ1) is 69.3. The van der Waals surface area contributed by atoms with Crippen molar-refractivity contribution in [3.8, 4) is 6.07 Å². The van der Waals surface area contributed by atoms with Crippen molar-refractivity contribution >= 4 is 75.9 Å². The summed E-state index contributed by atoms with van der Waals surface area (Å²) in [6.07, 6.45) is 5.46. The summed E-state index contributed by atoms with van der Waals surface area (Å²) in [5.74, 6) is -8.90. The molecule has 11 amide bonds. The van der Waals surface area contributed by atoms with Gasteiger partial charge in [-0.15, -0.1) is 0 Å². The molecule has 0 aliphatic heterocycles. The summed E-state index contributed by atoms with van der Waals surface area (Å²) in [7, 11) is 0. The summed E-state index contributed by atoms with van der Waals surface area (Å²) in [5.41, 5.74) is 12.6. The van der Waals surface area contributed by atoms with E-state index in [4.69, 9.17) is 16.7 Å². The maximum Gasteiger partial charge on any atom is 0.251 e. The van der Waals surface area contributed by atoms with Crippen molar-refractivity contribution < 1.29 is 57.1 Å². The van der Waals surface area contributed by atoms with E-state index in [1.54, 1.807) is 44.3 Å². The van der Waals surface area contributed by atoms with Gasteiger partial charge in [0.15, 0.2) is 0 Å². The molecule has 2 aromatic heterocycles. The third-order valence-electron chi connectivity index (χ3n) is 14.3.